The Morgan fingerprint density at radius 1 is 1.47 bits per heavy atom. The molecular formula is C13H17BrClNO. The number of hydrogen-bond donors (Lipinski definition) is 2. The number of halogens is 2. The van der Waals surface area contributed by atoms with Crippen molar-refractivity contribution in [3.05, 3.63) is 27.2 Å². The molecule has 2 unspecified atom stereocenters. The lowest BCUT2D eigenvalue weighted by molar-refractivity contribution is -0.0510. The quantitative estimate of drug-likeness (QED) is 0.864. The number of anilines is 1. The van der Waals surface area contributed by atoms with Gasteiger partial charge in [0.05, 0.1) is 11.8 Å². The van der Waals surface area contributed by atoms with Gasteiger partial charge in [-0.3, -0.25) is 0 Å². The highest BCUT2D eigenvalue weighted by Crippen LogP contribution is 2.43. The maximum atomic E-state index is 9.71. The Morgan fingerprint density at radius 2 is 2.12 bits per heavy atom. The maximum Gasteiger partial charge on any atom is 0.0630 e. The second kappa shape index (κ2) is 4.45. The molecule has 4 heteroatoms. The summed E-state index contributed by atoms with van der Waals surface area (Å²) in [5, 5.41) is 13.9. The standard InChI is InChI=1S/C13H17BrClNO/c1-7-4-8(14)10(5-9(7)15)16-11-6-12(17)13(11,2)3/h4-5,11-12,16-17H,6H2,1-3H3. The number of aliphatic hydroxyl groups is 1. The van der Waals surface area contributed by atoms with E-state index in [2.05, 4.69) is 35.1 Å². The van der Waals surface area contributed by atoms with E-state index in [1.54, 1.807) is 0 Å². The average Bonchev–Trinajstić information content (AvgIpc) is 2.25. The highest BCUT2D eigenvalue weighted by Gasteiger charge is 2.47. The molecule has 17 heavy (non-hydrogen) atoms. The summed E-state index contributed by atoms with van der Waals surface area (Å²) in [5.74, 6) is 0. The van der Waals surface area contributed by atoms with Crippen LogP contribution in [0.25, 0.3) is 0 Å². The highest BCUT2D eigenvalue weighted by molar-refractivity contribution is 9.10. The topological polar surface area (TPSA) is 32.3 Å². The summed E-state index contributed by atoms with van der Waals surface area (Å²) in [7, 11) is 0. The number of hydrogen-bond acceptors (Lipinski definition) is 2. The smallest absolute Gasteiger partial charge is 0.0630 e. The number of nitrogens with one attached hydrogen (secondary N) is 1. The molecule has 0 radical (unpaired) electrons. The first-order valence-corrected chi connectivity index (χ1v) is 6.89. The van der Waals surface area contributed by atoms with Crippen LogP contribution < -0.4 is 5.32 Å². The van der Waals surface area contributed by atoms with Gasteiger partial charge in [0.25, 0.3) is 0 Å². The summed E-state index contributed by atoms with van der Waals surface area (Å²) in [6, 6.07) is 4.22. The molecule has 0 amide bonds. The lowest BCUT2D eigenvalue weighted by Gasteiger charge is -2.50. The third-order valence-corrected chi connectivity index (χ3v) is 4.86. The van der Waals surface area contributed by atoms with E-state index in [-0.39, 0.29) is 17.6 Å². The highest BCUT2D eigenvalue weighted by atomic mass is 79.9. The number of benzene rings is 1. The van der Waals surface area contributed by atoms with Crippen LogP contribution in [-0.2, 0) is 0 Å². The first-order chi connectivity index (χ1) is 7.82. The van der Waals surface area contributed by atoms with Gasteiger partial charge in [-0.1, -0.05) is 25.4 Å². The molecule has 2 rings (SSSR count). The largest absolute Gasteiger partial charge is 0.392 e. The van der Waals surface area contributed by atoms with Crippen molar-refractivity contribution < 1.29 is 5.11 Å². The molecule has 1 aromatic carbocycles. The van der Waals surface area contributed by atoms with E-state index in [1.165, 1.54) is 0 Å². The van der Waals surface area contributed by atoms with E-state index in [0.717, 1.165) is 27.2 Å². The third-order valence-electron chi connectivity index (χ3n) is 3.79. The van der Waals surface area contributed by atoms with Crippen LogP contribution in [0.5, 0.6) is 0 Å². The minimum absolute atomic E-state index is 0.0865. The van der Waals surface area contributed by atoms with Crippen LogP contribution in [0.1, 0.15) is 25.8 Å². The molecule has 0 heterocycles. The minimum Gasteiger partial charge on any atom is -0.392 e. The molecule has 1 aliphatic carbocycles. The Morgan fingerprint density at radius 3 is 2.65 bits per heavy atom. The summed E-state index contributed by atoms with van der Waals surface area (Å²) in [6.07, 6.45) is 0.560. The van der Waals surface area contributed by atoms with Gasteiger partial charge >= 0.3 is 0 Å². The van der Waals surface area contributed by atoms with Gasteiger partial charge in [0.1, 0.15) is 0 Å². The zero-order chi connectivity index (χ0) is 12.8. The first kappa shape index (κ1) is 13.2. The van der Waals surface area contributed by atoms with Gasteiger partial charge in [-0.05, 0) is 47.0 Å². The predicted octanol–water partition coefficient (Wildman–Crippen LogP) is 3.98. The van der Waals surface area contributed by atoms with E-state index in [0.29, 0.717) is 0 Å². The van der Waals surface area contributed by atoms with Gasteiger partial charge in [0.2, 0.25) is 0 Å². The van der Waals surface area contributed by atoms with Crippen LogP contribution in [0.15, 0.2) is 16.6 Å². The Kier molecular flexibility index (Phi) is 3.45. The number of rotatable bonds is 2. The van der Waals surface area contributed by atoms with Crippen LogP contribution >= 0.6 is 27.5 Å². The van der Waals surface area contributed by atoms with Crippen molar-refractivity contribution in [3.8, 4) is 0 Å². The molecule has 0 saturated heterocycles. The molecule has 0 aromatic heterocycles. The predicted molar refractivity (Wildman–Crippen MR) is 75.7 cm³/mol. The zero-order valence-corrected chi connectivity index (χ0v) is 12.6. The van der Waals surface area contributed by atoms with Crippen LogP contribution in [-0.4, -0.2) is 17.3 Å². The van der Waals surface area contributed by atoms with Crippen molar-refractivity contribution in [3.63, 3.8) is 0 Å². The molecule has 1 fully saturated rings. The van der Waals surface area contributed by atoms with Gasteiger partial charge in [0.15, 0.2) is 0 Å². The molecule has 2 nitrogen and oxygen atoms in total. The molecular weight excluding hydrogens is 302 g/mol. The van der Waals surface area contributed by atoms with Crippen molar-refractivity contribution >= 4 is 33.2 Å². The van der Waals surface area contributed by atoms with Crippen molar-refractivity contribution in [1.29, 1.82) is 0 Å². The second-order valence-corrected chi connectivity index (χ2v) is 6.61. The van der Waals surface area contributed by atoms with Crippen molar-refractivity contribution in [2.45, 2.75) is 39.3 Å². The van der Waals surface area contributed by atoms with E-state index >= 15 is 0 Å². The lowest BCUT2D eigenvalue weighted by Crippen LogP contribution is -2.56. The minimum atomic E-state index is -0.223. The monoisotopic (exact) mass is 317 g/mol. The fraction of sp³-hybridized carbons (Fsp3) is 0.538. The summed E-state index contributed by atoms with van der Waals surface area (Å²) in [4.78, 5) is 0. The second-order valence-electron chi connectivity index (χ2n) is 5.35. The third kappa shape index (κ3) is 2.33. The SMILES string of the molecule is Cc1cc(Br)c(NC2CC(O)C2(C)C)cc1Cl. The first-order valence-electron chi connectivity index (χ1n) is 5.72. The Hall–Kier alpha value is -0.250. The van der Waals surface area contributed by atoms with Crippen LogP contribution in [0, 0.1) is 12.3 Å². The summed E-state index contributed by atoms with van der Waals surface area (Å²) >= 11 is 9.65. The molecule has 94 valence electrons. The lowest BCUT2D eigenvalue weighted by atomic mass is 9.64. The van der Waals surface area contributed by atoms with Crippen LogP contribution in [0.2, 0.25) is 5.02 Å². The van der Waals surface area contributed by atoms with E-state index in [1.807, 2.05) is 19.1 Å². The fourth-order valence-corrected chi connectivity index (χ4v) is 2.83. The normalized spacial score (nSPS) is 26.5. The zero-order valence-electron chi connectivity index (χ0n) is 10.2. The molecule has 2 atom stereocenters. The molecule has 0 aliphatic heterocycles. The molecule has 1 saturated carbocycles. The Balaban J connectivity index is 2.18. The van der Waals surface area contributed by atoms with Gasteiger partial charge < -0.3 is 10.4 Å². The van der Waals surface area contributed by atoms with Crippen molar-refractivity contribution in [2.24, 2.45) is 5.41 Å². The average molecular weight is 319 g/mol. The van der Waals surface area contributed by atoms with Gasteiger partial charge in [-0.25, -0.2) is 0 Å². The molecule has 2 N–H and O–H groups in total. The van der Waals surface area contributed by atoms with E-state index < -0.39 is 0 Å². The van der Waals surface area contributed by atoms with Gasteiger partial charge in [0, 0.05) is 21.0 Å². The Bertz CT molecular complexity index is 447. The molecule has 0 spiro atoms. The Labute approximate surface area is 115 Å². The molecule has 1 aromatic rings. The maximum absolute atomic E-state index is 9.71. The molecule has 1 aliphatic rings. The summed E-state index contributed by atoms with van der Waals surface area (Å²) in [6.45, 7) is 6.12. The van der Waals surface area contributed by atoms with Gasteiger partial charge in [-0.2, -0.15) is 0 Å². The van der Waals surface area contributed by atoms with E-state index in [4.69, 9.17) is 11.6 Å². The van der Waals surface area contributed by atoms with Crippen LogP contribution in [0.3, 0.4) is 0 Å². The number of aliphatic hydroxyl groups excluding tert-OH is 1. The summed E-state index contributed by atoms with van der Waals surface area (Å²) in [5.41, 5.74) is 1.96. The number of aryl methyl sites for hydroxylation is 1. The summed E-state index contributed by atoms with van der Waals surface area (Å²) < 4.78 is 1.01. The van der Waals surface area contributed by atoms with Gasteiger partial charge in [-0.15, -0.1) is 0 Å². The molecule has 0 bridgehead atoms. The van der Waals surface area contributed by atoms with Crippen molar-refractivity contribution in [2.75, 3.05) is 5.32 Å². The van der Waals surface area contributed by atoms with Crippen molar-refractivity contribution in [1.82, 2.24) is 0 Å². The van der Waals surface area contributed by atoms with E-state index in [9.17, 15) is 5.11 Å². The van der Waals surface area contributed by atoms with Crippen LogP contribution in [0.4, 0.5) is 5.69 Å². The fourth-order valence-electron chi connectivity index (χ4n) is 2.09.